The molecule has 1 aromatic carbocycles. The lowest BCUT2D eigenvalue weighted by Crippen LogP contribution is -2.41. The zero-order chi connectivity index (χ0) is 14.4. The summed E-state index contributed by atoms with van der Waals surface area (Å²) in [5.41, 5.74) is 0. The molecular weight excluding hydrogens is 254 g/mol. The molecule has 2 rings (SSSR count). The molecule has 110 valence electrons. The van der Waals surface area contributed by atoms with Crippen molar-refractivity contribution in [3.8, 4) is 11.5 Å². The Balaban J connectivity index is 1.80. The van der Waals surface area contributed by atoms with Crippen molar-refractivity contribution in [3.05, 3.63) is 24.3 Å². The van der Waals surface area contributed by atoms with Crippen molar-refractivity contribution in [2.75, 3.05) is 26.3 Å². The normalized spacial score (nSPS) is 18.7. The van der Waals surface area contributed by atoms with Gasteiger partial charge >= 0.3 is 0 Å². The molecule has 0 N–H and O–H groups in total. The fourth-order valence-corrected chi connectivity index (χ4v) is 2.45. The number of rotatable bonds is 5. The minimum atomic E-state index is 0.0745. The molecule has 0 bridgehead atoms. The van der Waals surface area contributed by atoms with Crippen LogP contribution >= 0.6 is 0 Å². The van der Waals surface area contributed by atoms with Crippen LogP contribution in [0.3, 0.4) is 0 Å². The van der Waals surface area contributed by atoms with E-state index >= 15 is 0 Å². The summed E-state index contributed by atoms with van der Waals surface area (Å²) in [4.78, 5) is 14.0. The van der Waals surface area contributed by atoms with Crippen LogP contribution in [0.5, 0.6) is 11.5 Å². The van der Waals surface area contributed by atoms with Gasteiger partial charge in [-0.1, -0.05) is 6.92 Å². The first-order valence-electron chi connectivity index (χ1n) is 7.32. The average Bonchev–Trinajstić information content (AvgIpc) is 2.46. The number of benzene rings is 1. The smallest absolute Gasteiger partial charge is 0.260 e. The molecule has 1 heterocycles. The number of hydrogen-bond acceptors (Lipinski definition) is 3. The topological polar surface area (TPSA) is 38.8 Å². The van der Waals surface area contributed by atoms with E-state index in [1.54, 1.807) is 0 Å². The third kappa shape index (κ3) is 4.15. The number of piperidine rings is 1. The Bertz CT molecular complexity index is 430. The Hall–Kier alpha value is -1.71. The van der Waals surface area contributed by atoms with E-state index in [9.17, 15) is 4.79 Å². The first-order chi connectivity index (χ1) is 9.69. The summed E-state index contributed by atoms with van der Waals surface area (Å²) in [7, 11) is 0. The van der Waals surface area contributed by atoms with Crippen molar-refractivity contribution >= 4 is 5.91 Å². The van der Waals surface area contributed by atoms with Crippen LogP contribution in [0, 0.1) is 5.92 Å². The number of likely N-dealkylation sites (tertiary alicyclic amines) is 1. The molecule has 1 aromatic rings. The van der Waals surface area contributed by atoms with Gasteiger partial charge in [0.05, 0.1) is 6.61 Å². The predicted octanol–water partition coefficient (Wildman–Crippen LogP) is 2.72. The maximum Gasteiger partial charge on any atom is 0.260 e. The van der Waals surface area contributed by atoms with Gasteiger partial charge in [-0.3, -0.25) is 4.79 Å². The van der Waals surface area contributed by atoms with E-state index in [1.165, 1.54) is 6.42 Å². The van der Waals surface area contributed by atoms with Crippen molar-refractivity contribution < 1.29 is 14.3 Å². The van der Waals surface area contributed by atoms with Gasteiger partial charge in [0.15, 0.2) is 6.61 Å². The Morgan fingerprint density at radius 2 is 1.90 bits per heavy atom. The maximum atomic E-state index is 12.1. The molecule has 0 saturated carbocycles. The molecule has 0 aromatic heterocycles. The maximum absolute atomic E-state index is 12.1. The molecule has 0 spiro atoms. The lowest BCUT2D eigenvalue weighted by Gasteiger charge is -2.30. The molecule has 0 radical (unpaired) electrons. The third-order valence-corrected chi connectivity index (χ3v) is 3.51. The van der Waals surface area contributed by atoms with Crippen LogP contribution in [-0.4, -0.2) is 37.1 Å². The standard InChI is InChI=1S/C16H23NO3/c1-3-19-14-6-8-15(9-7-14)20-12-16(18)17-10-4-5-13(2)11-17/h6-9,13H,3-5,10-12H2,1-2H3. The van der Waals surface area contributed by atoms with Crippen LogP contribution in [0.25, 0.3) is 0 Å². The fraction of sp³-hybridized carbons (Fsp3) is 0.562. The van der Waals surface area contributed by atoms with Crippen LogP contribution < -0.4 is 9.47 Å². The quantitative estimate of drug-likeness (QED) is 0.830. The van der Waals surface area contributed by atoms with Gasteiger partial charge in [-0.15, -0.1) is 0 Å². The number of ether oxygens (including phenoxy) is 2. The van der Waals surface area contributed by atoms with E-state index in [0.29, 0.717) is 18.3 Å². The third-order valence-electron chi connectivity index (χ3n) is 3.51. The summed E-state index contributed by atoms with van der Waals surface area (Å²) in [6.45, 7) is 6.60. The van der Waals surface area contributed by atoms with E-state index in [-0.39, 0.29) is 12.5 Å². The summed E-state index contributed by atoms with van der Waals surface area (Å²) >= 11 is 0. The molecule has 4 nitrogen and oxygen atoms in total. The highest BCUT2D eigenvalue weighted by Gasteiger charge is 2.20. The van der Waals surface area contributed by atoms with Crippen LogP contribution in [0.4, 0.5) is 0 Å². The van der Waals surface area contributed by atoms with Gasteiger partial charge < -0.3 is 14.4 Å². The van der Waals surface area contributed by atoms with Crippen molar-refractivity contribution in [2.45, 2.75) is 26.7 Å². The molecule has 1 atom stereocenters. The number of carbonyl (C=O) groups excluding carboxylic acids is 1. The molecule has 1 aliphatic rings. The van der Waals surface area contributed by atoms with Crippen LogP contribution in [0.2, 0.25) is 0 Å². The van der Waals surface area contributed by atoms with E-state index < -0.39 is 0 Å². The van der Waals surface area contributed by atoms with Crippen molar-refractivity contribution in [2.24, 2.45) is 5.92 Å². The van der Waals surface area contributed by atoms with Crippen LogP contribution in [-0.2, 0) is 4.79 Å². The Morgan fingerprint density at radius 1 is 1.25 bits per heavy atom. The Kier molecular flexibility index (Phi) is 5.27. The molecule has 20 heavy (non-hydrogen) atoms. The number of amides is 1. The monoisotopic (exact) mass is 277 g/mol. The molecular formula is C16H23NO3. The first-order valence-corrected chi connectivity index (χ1v) is 7.32. The van der Waals surface area contributed by atoms with Gasteiger partial charge in [0.2, 0.25) is 0 Å². The summed E-state index contributed by atoms with van der Waals surface area (Å²) in [5.74, 6) is 2.19. The minimum absolute atomic E-state index is 0.0745. The highest BCUT2D eigenvalue weighted by atomic mass is 16.5. The number of hydrogen-bond donors (Lipinski definition) is 0. The summed E-state index contributed by atoms with van der Waals surface area (Å²) in [6, 6.07) is 7.37. The van der Waals surface area contributed by atoms with Crippen molar-refractivity contribution in [1.82, 2.24) is 4.90 Å². The second-order valence-corrected chi connectivity index (χ2v) is 5.28. The molecule has 0 aliphatic carbocycles. The Labute approximate surface area is 120 Å². The first kappa shape index (κ1) is 14.7. The van der Waals surface area contributed by atoms with E-state index in [1.807, 2.05) is 36.1 Å². The predicted molar refractivity (Wildman–Crippen MR) is 78.1 cm³/mol. The highest BCUT2D eigenvalue weighted by Crippen LogP contribution is 2.18. The molecule has 1 aliphatic heterocycles. The van der Waals surface area contributed by atoms with Gasteiger partial charge in [-0.2, -0.15) is 0 Å². The lowest BCUT2D eigenvalue weighted by atomic mass is 10.0. The molecule has 4 heteroatoms. The largest absolute Gasteiger partial charge is 0.494 e. The zero-order valence-corrected chi connectivity index (χ0v) is 12.3. The van der Waals surface area contributed by atoms with Crippen LogP contribution in [0.15, 0.2) is 24.3 Å². The van der Waals surface area contributed by atoms with Gasteiger partial charge in [-0.25, -0.2) is 0 Å². The average molecular weight is 277 g/mol. The fourth-order valence-electron chi connectivity index (χ4n) is 2.45. The molecule has 1 fully saturated rings. The second kappa shape index (κ2) is 7.17. The van der Waals surface area contributed by atoms with Gasteiger partial charge in [0, 0.05) is 13.1 Å². The van der Waals surface area contributed by atoms with Crippen molar-refractivity contribution in [3.63, 3.8) is 0 Å². The van der Waals surface area contributed by atoms with E-state index in [4.69, 9.17) is 9.47 Å². The molecule has 1 amide bonds. The summed E-state index contributed by atoms with van der Waals surface area (Å²) in [6.07, 6.45) is 2.31. The number of carbonyl (C=O) groups is 1. The van der Waals surface area contributed by atoms with E-state index in [0.717, 1.165) is 25.3 Å². The Morgan fingerprint density at radius 3 is 2.50 bits per heavy atom. The SMILES string of the molecule is CCOc1ccc(OCC(=O)N2CCCC(C)C2)cc1. The van der Waals surface area contributed by atoms with Gasteiger partial charge in [-0.05, 0) is 49.9 Å². The van der Waals surface area contributed by atoms with E-state index in [2.05, 4.69) is 6.92 Å². The lowest BCUT2D eigenvalue weighted by molar-refractivity contribution is -0.135. The van der Waals surface area contributed by atoms with Gasteiger partial charge in [0.1, 0.15) is 11.5 Å². The molecule has 1 saturated heterocycles. The summed E-state index contributed by atoms with van der Waals surface area (Å²) < 4.78 is 10.9. The molecule has 1 unspecified atom stereocenters. The second-order valence-electron chi connectivity index (χ2n) is 5.28. The van der Waals surface area contributed by atoms with Gasteiger partial charge in [0.25, 0.3) is 5.91 Å². The number of nitrogens with zero attached hydrogens (tertiary/aromatic N) is 1. The zero-order valence-electron chi connectivity index (χ0n) is 12.3. The van der Waals surface area contributed by atoms with Crippen LogP contribution in [0.1, 0.15) is 26.7 Å². The van der Waals surface area contributed by atoms with Crippen molar-refractivity contribution in [1.29, 1.82) is 0 Å². The summed E-state index contributed by atoms with van der Waals surface area (Å²) in [5, 5.41) is 0. The highest BCUT2D eigenvalue weighted by molar-refractivity contribution is 5.77. The minimum Gasteiger partial charge on any atom is -0.494 e.